The predicted molar refractivity (Wildman–Crippen MR) is 160 cm³/mol. The molecule has 204 valence electrons. The fourth-order valence-electron chi connectivity index (χ4n) is 6.18. The highest BCUT2D eigenvalue weighted by Crippen LogP contribution is 2.45. The number of carbonyl (C=O) groups is 1. The van der Waals surface area contributed by atoms with E-state index in [4.69, 9.17) is 0 Å². The molecule has 5 nitrogen and oxygen atoms in total. The summed E-state index contributed by atoms with van der Waals surface area (Å²) in [6.45, 7) is 10.8. The number of rotatable bonds is 8. The lowest BCUT2D eigenvalue weighted by molar-refractivity contribution is -0.117. The first-order valence-electron chi connectivity index (χ1n) is 14.3. The molecule has 0 radical (unpaired) electrons. The Morgan fingerprint density at radius 3 is 2.23 bits per heavy atom. The van der Waals surface area contributed by atoms with Crippen LogP contribution in [0.15, 0.2) is 60.7 Å². The van der Waals surface area contributed by atoms with Crippen LogP contribution in [-0.4, -0.2) is 48.4 Å². The third-order valence-electron chi connectivity index (χ3n) is 9.02. The third kappa shape index (κ3) is 6.11. The maximum absolute atomic E-state index is 13.1. The molecule has 5 rings (SSSR count). The van der Waals surface area contributed by atoms with Crippen LogP contribution >= 0.6 is 11.3 Å². The van der Waals surface area contributed by atoms with Crippen molar-refractivity contribution in [2.45, 2.75) is 52.5 Å². The summed E-state index contributed by atoms with van der Waals surface area (Å²) >= 11 is 1.63. The SMILES string of the molecule is CCC(C)(C)C1CCc2c(sc(NC(=O)CN3CCN(C(c4ccccc4)c4ccccc4)CC3)c2C#N)C1. The minimum Gasteiger partial charge on any atom is -0.315 e. The molecule has 0 spiro atoms. The summed E-state index contributed by atoms with van der Waals surface area (Å²) < 4.78 is 0. The van der Waals surface area contributed by atoms with Gasteiger partial charge in [-0.25, -0.2) is 0 Å². The number of amides is 1. The van der Waals surface area contributed by atoms with E-state index in [9.17, 15) is 10.1 Å². The lowest BCUT2D eigenvalue weighted by Crippen LogP contribution is -2.49. The fourth-order valence-corrected chi connectivity index (χ4v) is 7.48. The molecule has 1 aromatic heterocycles. The van der Waals surface area contributed by atoms with Crippen LogP contribution in [0.5, 0.6) is 0 Å². The molecule has 1 N–H and O–H groups in total. The van der Waals surface area contributed by atoms with Crippen molar-refractivity contribution in [1.82, 2.24) is 9.80 Å². The smallest absolute Gasteiger partial charge is 0.239 e. The van der Waals surface area contributed by atoms with E-state index < -0.39 is 0 Å². The number of fused-ring (bicyclic) bond motifs is 1. The van der Waals surface area contributed by atoms with E-state index in [2.05, 4.69) is 103 Å². The van der Waals surface area contributed by atoms with Gasteiger partial charge in [-0.3, -0.25) is 14.6 Å². The highest BCUT2D eigenvalue weighted by molar-refractivity contribution is 7.16. The number of hydrogen-bond acceptors (Lipinski definition) is 5. The highest BCUT2D eigenvalue weighted by atomic mass is 32.1. The molecule has 1 amide bonds. The van der Waals surface area contributed by atoms with Crippen molar-refractivity contribution in [3.8, 4) is 6.07 Å². The quantitative estimate of drug-likeness (QED) is 0.354. The van der Waals surface area contributed by atoms with Gasteiger partial charge in [0.1, 0.15) is 11.1 Å². The number of thiophene rings is 1. The fraction of sp³-hybridized carbons (Fsp3) is 0.455. The lowest BCUT2D eigenvalue weighted by atomic mass is 9.69. The molecule has 2 aliphatic rings. The largest absolute Gasteiger partial charge is 0.315 e. The van der Waals surface area contributed by atoms with Gasteiger partial charge in [-0.2, -0.15) is 5.26 Å². The van der Waals surface area contributed by atoms with Gasteiger partial charge in [-0.1, -0.05) is 87.9 Å². The van der Waals surface area contributed by atoms with Crippen LogP contribution in [0.25, 0.3) is 0 Å². The van der Waals surface area contributed by atoms with Crippen LogP contribution in [0.1, 0.15) is 66.8 Å². The minimum absolute atomic E-state index is 0.0216. The summed E-state index contributed by atoms with van der Waals surface area (Å²) in [4.78, 5) is 19.2. The van der Waals surface area contributed by atoms with Crippen LogP contribution in [0.2, 0.25) is 0 Å². The van der Waals surface area contributed by atoms with E-state index >= 15 is 0 Å². The Bertz CT molecular complexity index is 1260. The second-order valence-electron chi connectivity index (χ2n) is 11.7. The first-order valence-corrected chi connectivity index (χ1v) is 15.1. The van der Waals surface area contributed by atoms with Crippen molar-refractivity contribution >= 4 is 22.2 Å². The summed E-state index contributed by atoms with van der Waals surface area (Å²) in [7, 11) is 0. The minimum atomic E-state index is -0.0216. The van der Waals surface area contributed by atoms with Gasteiger partial charge in [0.15, 0.2) is 0 Å². The number of piperazine rings is 1. The van der Waals surface area contributed by atoms with Gasteiger partial charge >= 0.3 is 0 Å². The average Bonchev–Trinajstić information content (AvgIpc) is 3.31. The molecule has 3 aromatic rings. The van der Waals surface area contributed by atoms with Crippen molar-refractivity contribution in [2.24, 2.45) is 11.3 Å². The van der Waals surface area contributed by atoms with Gasteiger partial charge in [0.05, 0.1) is 18.2 Å². The van der Waals surface area contributed by atoms with E-state index in [0.717, 1.165) is 56.9 Å². The monoisotopic (exact) mass is 540 g/mol. The van der Waals surface area contributed by atoms with E-state index in [1.165, 1.54) is 21.6 Å². The molecule has 2 aromatic carbocycles. The van der Waals surface area contributed by atoms with Crippen molar-refractivity contribution in [3.63, 3.8) is 0 Å². The number of carbonyl (C=O) groups excluding carboxylic acids is 1. The van der Waals surface area contributed by atoms with Gasteiger partial charge in [-0.15, -0.1) is 11.3 Å². The number of benzene rings is 2. The summed E-state index contributed by atoms with van der Waals surface area (Å²) in [6.07, 6.45) is 4.21. The molecule has 1 aliphatic heterocycles. The molecule has 2 heterocycles. The predicted octanol–water partition coefficient (Wildman–Crippen LogP) is 6.51. The van der Waals surface area contributed by atoms with Crippen LogP contribution in [0.4, 0.5) is 5.00 Å². The molecule has 39 heavy (non-hydrogen) atoms. The molecule has 6 heteroatoms. The Kier molecular flexibility index (Phi) is 8.52. The van der Waals surface area contributed by atoms with Gasteiger partial charge < -0.3 is 5.32 Å². The molecule has 1 atom stereocenters. The van der Waals surface area contributed by atoms with Crippen LogP contribution in [0, 0.1) is 22.7 Å². The Labute approximate surface area is 237 Å². The van der Waals surface area contributed by atoms with Crippen molar-refractivity contribution in [2.75, 3.05) is 38.0 Å². The molecular formula is C33H40N4OS. The summed E-state index contributed by atoms with van der Waals surface area (Å²) in [5, 5.41) is 13.8. The first kappa shape index (κ1) is 27.6. The second kappa shape index (κ2) is 12.0. The van der Waals surface area contributed by atoms with E-state index in [1.807, 2.05) is 0 Å². The molecule has 1 saturated heterocycles. The molecular weight excluding hydrogens is 500 g/mol. The van der Waals surface area contributed by atoms with E-state index in [0.29, 0.717) is 23.4 Å². The highest BCUT2D eigenvalue weighted by Gasteiger charge is 2.34. The Morgan fingerprint density at radius 1 is 1.05 bits per heavy atom. The summed E-state index contributed by atoms with van der Waals surface area (Å²) in [6, 6.07) is 24.0. The molecule has 0 bridgehead atoms. The topological polar surface area (TPSA) is 59.4 Å². The Balaban J connectivity index is 1.21. The van der Waals surface area contributed by atoms with Crippen LogP contribution in [-0.2, 0) is 17.6 Å². The maximum Gasteiger partial charge on any atom is 0.239 e. The van der Waals surface area contributed by atoms with Crippen molar-refractivity contribution < 1.29 is 4.79 Å². The average molecular weight is 541 g/mol. The number of hydrogen-bond donors (Lipinski definition) is 1. The normalized spacial score (nSPS) is 18.5. The zero-order valence-electron chi connectivity index (χ0n) is 23.5. The van der Waals surface area contributed by atoms with Gasteiger partial charge in [0.25, 0.3) is 0 Å². The zero-order chi connectivity index (χ0) is 27.4. The number of nitrogens with one attached hydrogen (secondary N) is 1. The number of nitriles is 1. The van der Waals surface area contributed by atoms with Crippen LogP contribution < -0.4 is 5.32 Å². The molecule has 1 aliphatic carbocycles. The zero-order valence-corrected chi connectivity index (χ0v) is 24.3. The second-order valence-corrected chi connectivity index (χ2v) is 12.8. The summed E-state index contributed by atoms with van der Waals surface area (Å²) in [5.74, 6) is 0.599. The molecule has 1 unspecified atom stereocenters. The Hall–Kier alpha value is -2.98. The lowest BCUT2D eigenvalue weighted by Gasteiger charge is -2.39. The standard InChI is InChI=1S/C33H40N4OS/c1-4-33(2,3)26-15-16-27-28(22-34)32(39-29(27)21-26)35-30(38)23-36-17-19-37(20-18-36)31(24-11-7-5-8-12-24)25-13-9-6-10-14-25/h5-14,26,31H,4,15-21,23H2,1-3H3,(H,35,38). The number of nitrogens with zero attached hydrogens (tertiary/aromatic N) is 3. The maximum atomic E-state index is 13.1. The summed E-state index contributed by atoms with van der Waals surface area (Å²) in [5.41, 5.74) is 4.74. The van der Waals surface area contributed by atoms with E-state index in [-0.39, 0.29) is 11.9 Å². The van der Waals surface area contributed by atoms with Crippen LogP contribution in [0.3, 0.4) is 0 Å². The number of anilines is 1. The van der Waals surface area contributed by atoms with Gasteiger partial charge in [-0.05, 0) is 47.3 Å². The van der Waals surface area contributed by atoms with E-state index in [1.54, 1.807) is 11.3 Å². The molecule has 1 fully saturated rings. The van der Waals surface area contributed by atoms with Crippen molar-refractivity contribution in [1.29, 1.82) is 5.26 Å². The van der Waals surface area contributed by atoms with Crippen molar-refractivity contribution in [3.05, 3.63) is 87.8 Å². The van der Waals surface area contributed by atoms with Gasteiger partial charge in [0.2, 0.25) is 5.91 Å². The third-order valence-corrected chi connectivity index (χ3v) is 10.2. The van der Waals surface area contributed by atoms with Gasteiger partial charge in [0, 0.05) is 31.1 Å². The Morgan fingerprint density at radius 2 is 1.67 bits per heavy atom. The first-order chi connectivity index (χ1) is 18.9. The molecule has 0 saturated carbocycles.